The minimum Gasteiger partial charge on any atom is -0.493 e. The van der Waals surface area contributed by atoms with Gasteiger partial charge < -0.3 is 14.9 Å². The van der Waals surface area contributed by atoms with Gasteiger partial charge in [0.05, 0.1) is 18.9 Å². The van der Waals surface area contributed by atoms with Gasteiger partial charge in [-0.3, -0.25) is 4.68 Å². The van der Waals surface area contributed by atoms with E-state index >= 15 is 0 Å². The number of aryl methyl sites for hydroxylation is 1. The second-order valence-corrected chi connectivity index (χ2v) is 3.78. The van der Waals surface area contributed by atoms with E-state index in [0.717, 1.165) is 0 Å². The van der Waals surface area contributed by atoms with Crippen molar-refractivity contribution in [3.8, 4) is 5.75 Å². The van der Waals surface area contributed by atoms with Crippen molar-refractivity contribution in [2.75, 3.05) is 7.11 Å². The Kier molecular flexibility index (Phi) is 2.82. The third-order valence-corrected chi connectivity index (χ3v) is 2.10. The van der Waals surface area contributed by atoms with E-state index in [1.807, 2.05) is 0 Å². The highest BCUT2D eigenvalue weighted by Crippen LogP contribution is 2.31. The van der Waals surface area contributed by atoms with E-state index in [9.17, 15) is 10.2 Å². The Morgan fingerprint density at radius 3 is 2.57 bits per heavy atom. The van der Waals surface area contributed by atoms with E-state index < -0.39 is 11.7 Å². The molecule has 0 fully saturated rings. The zero-order valence-corrected chi connectivity index (χ0v) is 8.85. The first-order valence-corrected chi connectivity index (χ1v) is 4.34. The van der Waals surface area contributed by atoms with Crippen molar-refractivity contribution in [1.82, 2.24) is 9.78 Å². The predicted molar refractivity (Wildman–Crippen MR) is 51.0 cm³/mol. The van der Waals surface area contributed by atoms with Crippen LogP contribution < -0.4 is 4.74 Å². The Balaban J connectivity index is 3.11. The van der Waals surface area contributed by atoms with E-state index in [4.69, 9.17) is 4.74 Å². The first-order chi connectivity index (χ1) is 6.38. The lowest BCUT2D eigenvalue weighted by Crippen LogP contribution is -2.30. The van der Waals surface area contributed by atoms with Crippen molar-refractivity contribution >= 4 is 0 Å². The Bertz CT molecular complexity index is 314. The van der Waals surface area contributed by atoms with Crippen molar-refractivity contribution in [3.63, 3.8) is 0 Å². The molecule has 0 spiro atoms. The number of ether oxygens (including phenoxy) is 1. The second-order valence-electron chi connectivity index (χ2n) is 3.78. The van der Waals surface area contributed by atoms with Crippen LogP contribution in [-0.2, 0) is 7.05 Å². The molecule has 0 amide bonds. The van der Waals surface area contributed by atoms with Crippen LogP contribution in [0.4, 0.5) is 0 Å². The smallest absolute Gasteiger partial charge is 0.162 e. The summed E-state index contributed by atoms with van der Waals surface area (Å²) in [4.78, 5) is 0. The fourth-order valence-corrected chi connectivity index (χ4v) is 1.23. The summed E-state index contributed by atoms with van der Waals surface area (Å²) >= 11 is 0. The molecule has 14 heavy (non-hydrogen) atoms. The van der Waals surface area contributed by atoms with Crippen molar-refractivity contribution < 1.29 is 14.9 Å². The van der Waals surface area contributed by atoms with Gasteiger partial charge in [-0.05, 0) is 13.8 Å². The predicted octanol–water partition coefficient (Wildman–Crippen LogP) is 0.233. The van der Waals surface area contributed by atoms with Crippen molar-refractivity contribution in [3.05, 3.63) is 11.9 Å². The van der Waals surface area contributed by atoms with E-state index in [0.29, 0.717) is 11.4 Å². The van der Waals surface area contributed by atoms with Gasteiger partial charge in [0, 0.05) is 7.05 Å². The van der Waals surface area contributed by atoms with Crippen LogP contribution in [0.3, 0.4) is 0 Å². The van der Waals surface area contributed by atoms with Crippen molar-refractivity contribution in [2.24, 2.45) is 7.05 Å². The molecule has 0 radical (unpaired) electrons. The summed E-state index contributed by atoms with van der Waals surface area (Å²) in [5.74, 6) is 0.474. The number of hydrogen-bond acceptors (Lipinski definition) is 4. The van der Waals surface area contributed by atoms with Crippen LogP contribution >= 0.6 is 0 Å². The van der Waals surface area contributed by atoms with Crippen LogP contribution in [-0.4, -0.2) is 32.7 Å². The number of hydrogen-bond donors (Lipinski definition) is 2. The number of aliphatic hydroxyl groups excluding tert-OH is 1. The molecule has 80 valence electrons. The second kappa shape index (κ2) is 3.59. The van der Waals surface area contributed by atoms with Gasteiger partial charge >= 0.3 is 0 Å². The van der Waals surface area contributed by atoms with Crippen LogP contribution in [0.25, 0.3) is 0 Å². The molecule has 0 bridgehead atoms. The molecule has 1 rings (SSSR count). The van der Waals surface area contributed by atoms with Gasteiger partial charge in [-0.25, -0.2) is 0 Å². The van der Waals surface area contributed by atoms with Crippen LogP contribution in [0.5, 0.6) is 5.75 Å². The molecule has 5 heteroatoms. The lowest BCUT2D eigenvalue weighted by Gasteiger charge is -2.25. The minimum absolute atomic E-state index is 0.472. The first-order valence-electron chi connectivity index (χ1n) is 4.34. The zero-order chi connectivity index (χ0) is 10.9. The monoisotopic (exact) mass is 200 g/mol. The van der Waals surface area contributed by atoms with Crippen molar-refractivity contribution in [2.45, 2.75) is 25.6 Å². The summed E-state index contributed by atoms with van der Waals surface area (Å²) in [7, 11) is 3.18. The van der Waals surface area contributed by atoms with Crippen LogP contribution in [0.15, 0.2) is 6.20 Å². The molecule has 2 N–H and O–H groups in total. The van der Waals surface area contributed by atoms with E-state index in [1.165, 1.54) is 31.8 Å². The summed E-state index contributed by atoms with van der Waals surface area (Å²) < 4.78 is 6.52. The summed E-state index contributed by atoms with van der Waals surface area (Å²) in [5.41, 5.74) is -0.749. The van der Waals surface area contributed by atoms with Gasteiger partial charge in [0.25, 0.3) is 0 Å². The number of aliphatic hydroxyl groups is 2. The van der Waals surface area contributed by atoms with Crippen LogP contribution in [0.2, 0.25) is 0 Å². The molecule has 5 nitrogen and oxygen atoms in total. The molecule has 0 aliphatic heterocycles. The average Bonchev–Trinajstić information content (AvgIpc) is 2.43. The molecule has 1 heterocycles. The first kappa shape index (κ1) is 11.0. The number of methoxy groups -OCH3 is 1. The normalized spacial score (nSPS) is 14.1. The highest BCUT2D eigenvalue weighted by molar-refractivity contribution is 5.28. The topological polar surface area (TPSA) is 67.5 Å². The summed E-state index contributed by atoms with van der Waals surface area (Å²) in [6.45, 7) is 3.06. The zero-order valence-electron chi connectivity index (χ0n) is 8.85. The van der Waals surface area contributed by atoms with Crippen LogP contribution in [0.1, 0.15) is 25.6 Å². The molecule has 1 atom stereocenters. The van der Waals surface area contributed by atoms with Gasteiger partial charge in [0.2, 0.25) is 0 Å². The molecule has 0 aliphatic rings. The fourth-order valence-electron chi connectivity index (χ4n) is 1.23. The summed E-state index contributed by atoms with van der Waals surface area (Å²) in [5, 5.41) is 23.4. The maximum atomic E-state index is 9.85. The van der Waals surface area contributed by atoms with E-state index in [1.54, 1.807) is 7.05 Å². The maximum Gasteiger partial charge on any atom is 0.162 e. The quantitative estimate of drug-likeness (QED) is 0.733. The Morgan fingerprint density at radius 2 is 2.14 bits per heavy atom. The molecule has 0 aliphatic carbocycles. The van der Waals surface area contributed by atoms with Gasteiger partial charge in [-0.2, -0.15) is 5.10 Å². The lowest BCUT2D eigenvalue weighted by atomic mass is 9.99. The van der Waals surface area contributed by atoms with Gasteiger partial charge in [0.15, 0.2) is 5.75 Å². The molecule has 1 unspecified atom stereocenters. The molecular formula is C9H16N2O3. The SMILES string of the molecule is COc1cnn(C)c1C(O)C(C)(C)O. The molecular weight excluding hydrogens is 184 g/mol. The van der Waals surface area contributed by atoms with Gasteiger partial charge in [0.1, 0.15) is 11.8 Å². The highest BCUT2D eigenvalue weighted by atomic mass is 16.5. The third-order valence-electron chi connectivity index (χ3n) is 2.10. The average molecular weight is 200 g/mol. The molecule has 0 saturated carbocycles. The fraction of sp³-hybridized carbons (Fsp3) is 0.667. The van der Waals surface area contributed by atoms with Crippen molar-refractivity contribution in [1.29, 1.82) is 0 Å². The number of nitrogens with zero attached hydrogens (tertiary/aromatic N) is 2. The van der Waals surface area contributed by atoms with E-state index in [2.05, 4.69) is 5.10 Å². The Hall–Kier alpha value is -1.07. The third kappa shape index (κ3) is 1.88. The van der Waals surface area contributed by atoms with Gasteiger partial charge in [-0.1, -0.05) is 0 Å². The molecule has 1 aromatic heterocycles. The Morgan fingerprint density at radius 1 is 1.57 bits per heavy atom. The highest BCUT2D eigenvalue weighted by Gasteiger charge is 2.31. The maximum absolute atomic E-state index is 9.85. The van der Waals surface area contributed by atoms with Gasteiger partial charge in [-0.15, -0.1) is 0 Å². The number of aromatic nitrogens is 2. The van der Waals surface area contributed by atoms with Crippen LogP contribution in [0, 0.1) is 0 Å². The summed E-state index contributed by atoms with van der Waals surface area (Å²) in [6, 6.07) is 0. The molecule has 0 aromatic carbocycles. The number of rotatable bonds is 3. The lowest BCUT2D eigenvalue weighted by molar-refractivity contribution is -0.0543. The molecule has 0 saturated heterocycles. The molecule has 1 aromatic rings. The minimum atomic E-state index is -1.22. The largest absolute Gasteiger partial charge is 0.493 e. The van der Waals surface area contributed by atoms with E-state index in [-0.39, 0.29) is 0 Å². The standard InChI is InChI=1S/C9H16N2O3/c1-9(2,13)8(12)7-6(14-4)5-10-11(7)3/h5,8,12-13H,1-4H3. The Labute approximate surface area is 82.9 Å². The summed E-state index contributed by atoms with van der Waals surface area (Å²) in [6.07, 6.45) is 0.481.